The summed E-state index contributed by atoms with van der Waals surface area (Å²) in [5.74, 6) is 0.419. The molecule has 1 saturated carbocycles. The molecule has 3 atom stereocenters. The highest BCUT2D eigenvalue weighted by atomic mass is 16.5. The summed E-state index contributed by atoms with van der Waals surface area (Å²) >= 11 is 0. The second kappa shape index (κ2) is 6.15. The van der Waals surface area contributed by atoms with E-state index in [9.17, 15) is 4.79 Å². The molecule has 1 aromatic rings. The molecule has 1 aromatic heterocycles. The molecule has 6 heteroatoms. The van der Waals surface area contributed by atoms with Crippen LogP contribution in [0.2, 0.25) is 0 Å². The van der Waals surface area contributed by atoms with Crippen LogP contribution >= 0.6 is 0 Å². The van der Waals surface area contributed by atoms with Crippen LogP contribution < -0.4 is 0 Å². The van der Waals surface area contributed by atoms with E-state index in [1.54, 1.807) is 13.3 Å². The lowest BCUT2D eigenvalue weighted by atomic mass is 9.93. The molecule has 0 aromatic carbocycles. The van der Waals surface area contributed by atoms with Crippen molar-refractivity contribution in [3.05, 3.63) is 17.5 Å². The number of hydrogen-bond acceptors (Lipinski definition) is 4. The van der Waals surface area contributed by atoms with Gasteiger partial charge in [0.25, 0.3) is 5.91 Å². The summed E-state index contributed by atoms with van der Waals surface area (Å²) < 4.78 is 11.2. The number of morpholine rings is 1. The average Bonchev–Trinajstić information content (AvgIpc) is 3.14. The van der Waals surface area contributed by atoms with Crippen LogP contribution in [0.5, 0.6) is 0 Å². The fourth-order valence-electron chi connectivity index (χ4n) is 3.64. The molecule has 1 aliphatic heterocycles. The summed E-state index contributed by atoms with van der Waals surface area (Å²) in [6, 6.07) is 0.105. The van der Waals surface area contributed by atoms with Gasteiger partial charge in [0.05, 0.1) is 37.1 Å². The molecular weight excluding hydrogens is 270 g/mol. The zero-order valence-electron chi connectivity index (χ0n) is 12.7. The maximum atomic E-state index is 12.8. The van der Waals surface area contributed by atoms with E-state index >= 15 is 0 Å². The van der Waals surface area contributed by atoms with Crippen LogP contribution in [0, 0.1) is 12.8 Å². The predicted molar refractivity (Wildman–Crippen MR) is 77.1 cm³/mol. The van der Waals surface area contributed by atoms with Gasteiger partial charge >= 0.3 is 0 Å². The lowest BCUT2D eigenvalue weighted by molar-refractivity contribution is -0.0460. The number of rotatable bonds is 3. The maximum Gasteiger partial charge on any atom is 0.257 e. The minimum Gasteiger partial charge on any atom is -0.381 e. The first-order chi connectivity index (χ1) is 10.2. The van der Waals surface area contributed by atoms with E-state index < -0.39 is 0 Å². The molecule has 2 heterocycles. The van der Waals surface area contributed by atoms with Crippen molar-refractivity contribution in [1.82, 2.24) is 15.1 Å². The van der Waals surface area contributed by atoms with Crippen LogP contribution in [0.3, 0.4) is 0 Å². The minimum atomic E-state index is 0.0521. The zero-order valence-corrected chi connectivity index (χ0v) is 12.7. The maximum absolute atomic E-state index is 12.8. The number of aryl methyl sites for hydroxylation is 1. The molecule has 1 N–H and O–H groups in total. The standard InChI is InChI=1S/C15H23N3O3/c1-10-12(8-16-17-10)15(19)18-6-7-21-9-13(18)11-4-3-5-14(11)20-2/h8,11,13-14H,3-7,9H2,1-2H3,(H,16,17)/t11-,13-,14+/m0/s1. The Morgan fingerprint density at radius 3 is 3.10 bits per heavy atom. The van der Waals surface area contributed by atoms with Crippen molar-refractivity contribution in [3.63, 3.8) is 0 Å². The van der Waals surface area contributed by atoms with Crippen molar-refractivity contribution < 1.29 is 14.3 Å². The van der Waals surface area contributed by atoms with Gasteiger partial charge in [-0.15, -0.1) is 0 Å². The lowest BCUT2D eigenvalue weighted by Crippen LogP contribution is -2.53. The van der Waals surface area contributed by atoms with Gasteiger partial charge in [-0.05, 0) is 19.8 Å². The normalized spacial score (nSPS) is 29.8. The first-order valence-electron chi connectivity index (χ1n) is 7.64. The highest BCUT2D eigenvalue weighted by Crippen LogP contribution is 2.34. The molecule has 1 saturated heterocycles. The van der Waals surface area contributed by atoms with E-state index in [0.717, 1.165) is 25.0 Å². The van der Waals surface area contributed by atoms with Crippen LogP contribution in [0.4, 0.5) is 0 Å². The second-order valence-electron chi connectivity index (χ2n) is 5.92. The van der Waals surface area contributed by atoms with Crippen LogP contribution in [-0.2, 0) is 9.47 Å². The second-order valence-corrected chi connectivity index (χ2v) is 5.92. The summed E-state index contributed by atoms with van der Waals surface area (Å²) in [4.78, 5) is 14.8. The summed E-state index contributed by atoms with van der Waals surface area (Å²) in [6.45, 7) is 3.72. The van der Waals surface area contributed by atoms with Crippen molar-refractivity contribution in [2.75, 3.05) is 26.9 Å². The number of methoxy groups -OCH3 is 1. The van der Waals surface area contributed by atoms with E-state index in [2.05, 4.69) is 10.2 Å². The monoisotopic (exact) mass is 293 g/mol. The number of H-pyrrole nitrogens is 1. The van der Waals surface area contributed by atoms with Crippen LogP contribution in [0.1, 0.15) is 35.3 Å². The Bertz CT molecular complexity index is 502. The molecule has 2 aliphatic rings. The smallest absolute Gasteiger partial charge is 0.257 e. The van der Waals surface area contributed by atoms with E-state index in [4.69, 9.17) is 9.47 Å². The van der Waals surface area contributed by atoms with Gasteiger partial charge in [-0.2, -0.15) is 5.10 Å². The lowest BCUT2D eigenvalue weighted by Gasteiger charge is -2.40. The number of aromatic amines is 1. The number of amides is 1. The number of aromatic nitrogens is 2. The number of carbonyl (C=O) groups excluding carboxylic acids is 1. The summed E-state index contributed by atoms with van der Waals surface area (Å²) in [6.07, 6.45) is 5.18. The van der Waals surface area contributed by atoms with E-state index in [1.807, 2.05) is 11.8 Å². The van der Waals surface area contributed by atoms with Gasteiger partial charge in [0.15, 0.2) is 0 Å². The van der Waals surface area contributed by atoms with Gasteiger partial charge in [0, 0.05) is 25.3 Å². The molecule has 0 unspecified atom stereocenters. The molecule has 116 valence electrons. The highest BCUT2D eigenvalue weighted by Gasteiger charge is 2.40. The Hall–Kier alpha value is -1.40. The molecule has 1 amide bonds. The largest absolute Gasteiger partial charge is 0.381 e. The van der Waals surface area contributed by atoms with Crippen molar-refractivity contribution in [3.8, 4) is 0 Å². The fraction of sp³-hybridized carbons (Fsp3) is 0.733. The molecule has 2 fully saturated rings. The van der Waals surface area contributed by atoms with Crippen molar-refractivity contribution >= 4 is 5.91 Å². The zero-order chi connectivity index (χ0) is 14.8. The third-order valence-corrected chi connectivity index (χ3v) is 4.79. The van der Waals surface area contributed by atoms with Crippen LogP contribution in [0.15, 0.2) is 6.20 Å². The van der Waals surface area contributed by atoms with Crippen molar-refractivity contribution in [2.24, 2.45) is 5.92 Å². The van der Waals surface area contributed by atoms with Gasteiger partial charge in [-0.1, -0.05) is 6.42 Å². The number of carbonyl (C=O) groups is 1. The molecule has 21 heavy (non-hydrogen) atoms. The number of nitrogens with one attached hydrogen (secondary N) is 1. The fourth-order valence-corrected chi connectivity index (χ4v) is 3.64. The number of nitrogens with zero attached hydrogens (tertiary/aromatic N) is 2. The minimum absolute atomic E-state index is 0.0521. The van der Waals surface area contributed by atoms with Crippen LogP contribution in [0.25, 0.3) is 0 Å². The van der Waals surface area contributed by atoms with Gasteiger partial charge in [-0.3, -0.25) is 9.89 Å². The molecule has 0 radical (unpaired) electrons. The predicted octanol–water partition coefficient (Wildman–Crippen LogP) is 1.37. The van der Waals surface area contributed by atoms with Gasteiger partial charge in [0.2, 0.25) is 0 Å². The Balaban J connectivity index is 1.81. The number of hydrogen-bond donors (Lipinski definition) is 1. The van der Waals surface area contributed by atoms with Gasteiger partial charge < -0.3 is 14.4 Å². The third kappa shape index (κ3) is 2.70. The first kappa shape index (κ1) is 14.5. The van der Waals surface area contributed by atoms with E-state index in [-0.39, 0.29) is 18.1 Å². The third-order valence-electron chi connectivity index (χ3n) is 4.79. The highest BCUT2D eigenvalue weighted by molar-refractivity contribution is 5.95. The average molecular weight is 293 g/mol. The van der Waals surface area contributed by atoms with Crippen molar-refractivity contribution in [2.45, 2.75) is 38.3 Å². The molecule has 3 rings (SSSR count). The topological polar surface area (TPSA) is 67.5 Å². The Morgan fingerprint density at radius 1 is 1.52 bits per heavy atom. The van der Waals surface area contributed by atoms with E-state index in [1.165, 1.54) is 0 Å². The Kier molecular flexibility index (Phi) is 4.26. The van der Waals surface area contributed by atoms with Crippen molar-refractivity contribution in [1.29, 1.82) is 0 Å². The number of ether oxygens (including phenoxy) is 2. The summed E-state index contributed by atoms with van der Waals surface area (Å²) in [5.41, 5.74) is 1.48. The molecular formula is C15H23N3O3. The molecule has 0 bridgehead atoms. The molecule has 6 nitrogen and oxygen atoms in total. The first-order valence-corrected chi connectivity index (χ1v) is 7.64. The Morgan fingerprint density at radius 2 is 2.38 bits per heavy atom. The van der Waals surface area contributed by atoms with Crippen LogP contribution in [-0.4, -0.2) is 60.0 Å². The quantitative estimate of drug-likeness (QED) is 0.914. The summed E-state index contributed by atoms with van der Waals surface area (Å²) in [7, 11) is 1.76. The SMILES string of the molecule is CO[C@@H]1CCC[C@H]1[C@@H]1COCCN1C(=O)c1cn[nH]c1C. The molecule has 1 aliphatic carbocycles. The Labute approximate surface area is 124 Å². The van der Waals surface area contributed by atoms with Gasteiger partial charge in [-0.25, -0.2) is 0 Å². The van der Waals surface area contributed by atoms with Gasteiger partial charge in [0.1, 0.15) is 0 Å². The van der Waals surface area contributed by atoms with E-state index in [0.29, 0.717) is 31.2 Å². The molecule has 0 spiro atoms. The summed E-state index contributed by atoms with van der Waals surface area (Å²) in [5, 5.41) is 6.80.